The lowest BCUT2D eigenvalue weighted by Gasteiger charge is -2.27. The maximum Gasteiger partial charge on any atom is 0.354 e. The summed E-state index contributed by atoms with van der Waals surface area (Å²) in [6.07, 6.45) is 1.57. The average Bonchev–Trinajstić information content (AvgIpc) is 3.10. The van der Waals surface area contributed by atoms with Crippen LogP contribution in [0.1, 0.15) is 44.7 Å². The number of aromatic nitrogens is 2. The zero-order valence-corrected chi connectivity index (χ0v) is 19.1. The summed E-state index contributed by atoms with van der Waals surface area (Å²) in [5.41, 5.74) is 1.83. The molecule has 0 spiro atoms. The van der Waals surface area contributed by atoms with Gasteiger partial charge < -0.3 is 9.72 Å². The summed E-state index contributed by atoms with van der Waals surface area (Å²) in [6.45, 7) is 4.74. The summed E-state index contributed by atoms with van der Waals surface area (Å²) in [4.78, 5) is 32.7. The van der Waals surface area contributed by atoms with E-state index >= 15 is 0 Å². The Kier molecular flexibility index (Phi) is 6.90. The molecule has 0 fully saturated rings. The zero-order chi connectivity index (χ0) is 23.5. The van der Waals surface area contributed by atoms with Crippen LogP contribution in [0.3, 0.4) is 0 Å². The summed E-state index contributed by atoms with van der Waals surface area (Å²) in [5, 5.41) is 0. The van der Waals surface area contributed by atoms with Gasteiger partial charge in [-0.25, -0.2) is 13.2 Å². The van der Waals surface area contributed by atoms with Crippen molar-refractivity contribution in [1.29, 1.82) is 0 Å². The van der Waals surface area contributed by atoms with Crippen LogP contribution >= 0.6 is 0 Å². The van der Waals surface area contributed by atoms with E-state index in [4.69, 9.17) is 4.74 Å². The van der Waals surface area contributed by atoms with E-state index in [1.807, 2.05) is 0 Å². The molecule has 0 radical (unpaired) electrons. The second-order valence-corrected chi connectivity index (χ2v) is 9.23. The maximum absolute atomic E-state index is 13.5. The van der Waals surface area contributed by atoms with Crippen LogP contribution in [0, 0.1) is 13.8 Å². The topological polar surface area (TPSA) is 109 Å². The largest absolute Gasteiger partial charge is 0.464 e. The van der Waals surface area contributed by atoms with Gasteiger partial charge in [-0.15, -0.1) is 0 Å². The second kappa shape index (κ2) is 9.46. The third-order valence-electron chi connectivity index (χ3n) is 5.28. The molecule has 0 saturated heterocycles. The number of aryl methyl sites for hydroxylation is 1. The number of methoxy groups -OCH3 is 1. The number of ketones is 1. The molecule has 3 aromatic rings. The molecule has 0 aliphatic rings. The highest BCUT2D eigenvalue weighted by Crippen LogP contribution is 2.26. The molecular weight excluding hydrogens is 430 g/mol. The predicted octanol–water partition coefficient (Wildman–Crippen LogP) is 3.28. The molecule has 168 valence electrons. The minimum atomic E-state index is -4.02. The Balaban J connectivity index is 2.06. The number of pyridine rings is 1. The summed E-state index contributed by atoms with van der Waals surface area (Å²) in [7, 11) is -2.77. The van der Waals surface area contributed by atoms with E-state index in [0.29, 0.717) is 17.0 Å². The summed E-state index contributed by atoms with van der Waals surface area (Å²) in [5.74, 6) is -1.03. The molecule has 2 heterocycles. The Morgan fingerprint density at radius 2 is 1.75 bits per heavy atom. The normalized spacial score (nSPS) is 12.5. The third-order valence-corrected chi connectivity index (χ3v) is 7.21. The Labute approximate surface area is 187 Å². The number of H-pyrrole nitrogens is 1. The smallest absolute Gasteiger partial charge is 0.354 e. The van der Waals surface area contributed by atoms with E-state index in [0.717, 1.165) is 4.31 Å². The number of carbonyl (C=O) groups is 2. The van der Waals surface area contributed by atoms with Gasteiger partial charge in [-0.1, -0.05) is 24.3 Å². The number of hydrogen-bond acceptors (Lipinski definition) is 6. The van der Waals surface area contributed by atoms with Gasteiger partial charge in [-0.3, -0.25) is 9.78 Å². The van der Waals surface area contributed by atoms with Crippen LogP contribution in [0.2, 0.25) is 0 Å². The quantitative estimate of drug-likeness (QED) is 0.412. The lowest BCUT2D eigenvalue weighted by molar-refractivity contribution is 0.0594. The average molecular weight is 456 g/mol. The fourth-order valence-electron chi connectivity index (χ4n) is 3.57. The van der Waals surface area contributed by atoms with Crippen molar-refractivity contribution in [2.75, 3.05) is 7.11 Å². The molecule has 1 N–H and O–H groups in total. The number of esters is 1. The highest BCUT2D eigenvalue weighted by molar-refractivity contribution is 7.89. The molecule has 0 aliphatic heterocycles. The Morgan fingerprint density at radius 1 is 1.09 bits per heavy atom. The summed E-state index contributed by atoms with van der Waals surface area (Å²) >= 11 is 0. The fourth-order valence-corrected chi connectivity index (χ4v) is 5.16. The first-order valence-electron chi connectivity index (χ1n) is 9.97. The van der Waals surface area contributed by atoms with Crippen LogP contribution < -0.4 is 0 Å². The van der Waals surface area contributed by atoms with Gasteiger partial charge >= 0.3 is 5.97 Å². The monoisotopic (exact) mass is 455 g/mol. The molecule has 8 nitrogen and oxygen atoms in total. The number of hydrogen-bond donors (Lipinski definition) is 1. The fraction of sp³-hybridized carbons (Fsp3) is 0.261. The number of benzene rings is 1. The van der Waals surface area contributed by atoms with Gasteiger partial charge in [0.25, 0.3) is 0 Å². The first kappa shape index (κ1) is 23.4. The van der Waals surface area contributed by atoms with Crippen molar-refractivity contribution in [2.45, 2.75) is 38.3 Å². The Hall–Kier alpha value is -3.30. The number of aromatic amines is 1. The molecule has 1 atom stereocenters. The Bertz CT molecular complexity index is 1220. The van der Waals surface area contributed by atoms with Gasteiger partial charge in [0.2, 0.25) is 10.0 Å². The molecule has 32 heavy (non-hydrogen) atoms. The molecule has 3 rings (SSSR count). The number of carbonyl (C=O) groups excluding carboxylic acids is 2. The van der Waals surface area contributed by atoms with Gasteiger partial charge in [0.15, 0.2) is 5.78 Å². The van der Waals surface area contributed by atoms with Crippen molar-refractivity contribution < 1.29 is 22.7 Å². The maximum atomic E-state index is 13.5. The predicted molar refractivity (Wildman–Crippen MR) is 119 cm³/mol. The van der Waals surface area contributed by atoms with Crippen LogP contribution in [0.5, 0.6) is 0 Å². The molecule has 2 aromatic heterocycles. The van der Waals surface area contributed by atoms with Crippen LogP contribution in [-0.2, 0) is 21.3 Å². The summed E-state index contributed by atoms with van der Waals surface area (Å²) in [6, 6.07) is 12.1. The molecule has 0 bridgehead atoms. The Morgan fingerprint density at radius 3 is 2.34 bits per heavy atom. The van der Waals surface area contributed by atoms with Gasteiger partial charge in [0.05, 0.1) is 30.3 Å². The zero-order valence-electron chi connectivity index (χ0n) is 18.3. The summed E-state index contributed by atoms with van der Waals surface area (Å²) < 4.78 is 32.9. The van der Waals surface area contributed by atoms with E-state index in [9.17, 15) is 18.0 Å². The van der Waals surface area contributed by atoms with Crippen molar-refractivity contribution in [2.24, 2.45) is 0 Å². The lowest BCUT2D eigenvalue weighted by atomic mass is 10.0. The van der Waals surface area contributed by atoms with Crippen LogP contribution in [-0.4, -0.2) is 47.6 Å². The number of rotatable bonds is 8. The standard InChI is InChI=1S/C23H25N3O5S/c1-15-20(16(2)25-21(15)23(28)31-4)22(27)17(3)26(14-18-10-8-9-13-24-18)32(29,30)19-11-6-5-7-12-19/h5-13,17,25H,14H2,1-4H3. The van der Waals surface area contributed by atoms with Gasteiger partial charge in [-0.05, 0) is 50.6 Å². The van der Waals surface area contributed by atoms with E-state index in [1.54, 1.807) is 56.4 Å². The minimum absolute atomic E-state index is 0.0772. The van der Waals surface area contributed by atoms with E-state index < -0.39 is 27.8 Å². The highest BCUT2D eigenvalue weighted by Gasteiger charge is 2.36. The van der Waals surface area contributed by atoms with Crippen molar-refractivity contribution in [1.82, 2.24) is 14.3 Å². The van der Waals surface area contributed by atoms with E-state index in [2.05, 4.69) is 9.97 Å². The number of nitrogens with zero attached hydrogens (tertiary/aromatic N) is 2. The molecule has 1 aromatic carbocycles. The number of Topliss-reactive ketones (excluding diaryl/α,β-unsaturated/α-hetero) is 1. The lowest BCUT2D eigenvalue weighted by Crippen LogP contribution is -2.43. The number of sulfonamides is 1. The van der Waals surface area contributed by atoms with Gasteiger partial charge in [-0.2, -0.15) is 4.31 Å². The number of nitrogens with one attached hydrogen (secondary N) is 1. The molecule has 0 saturated carbocycles. The van der Waals surface area contributed by atoms with E-state index in [-0.39, 0.29) is 22.7 Å². The minimum Gasteiger partial charge on any atom is -0.464 e. The molecule has 0 amide bonds. The first-order chi connectivity index (χ1) is 15.2. The molecule has 9 heteroatoms. The second-order valence-electron chi connectivity index (χ2n) is 7.34. The molecule has 1 unspecified atom stereocenters. The first-order valence-corrected chi connectivity index (χ1v) is 11.4. The molecular formula is C23H25N3O5S. The third kappa shape index (κ3) is 4.49. The SMILES string of the molecule is COC(=O)c1[nH]c(C)c(C(=O)C(C)N(Cc2ccccn2)S(=O)(=O)c2ccccc2)c1C. The van der Waals surface area contributed by atoms with Crippen molar-refractivity contribution >= 4 is 21.8 Å². The van der Waals surface area contributed by atoms with Crippen molar-refractivity contribution in [3.8, 4) is 0 Å². The van der Waals surface area contributed by atoms with Crippen molar-refractivity contribution in [3.63, 3.8) is 0 Å². The van der Waals surface area contributed by atoms with Crippen LogP contribution in [0.25, 0.3) is 0 Å². The van der Waals surface area contributed by atoms with Gasteiger partial charge in [0.1, 0.15) is 5.69 Å². The van der Waals surface area contributed by atoms with Gasteiger partial charge in [0, 0.05) is 17.5 Å². The number of ether oxygens (including phenoxy) is 1. The van der Waals surface area contributed by atoms with Crippen LogP contribution in [0.15, 0.2) is 59.6 Å². The van der Waals surface area contributed by atoms with E-state index in [1.165, 1.54) is 26.2 Å². The highest BCUT2D eigenvalue weighted by atomic mass is 32.2. The molecule has 0 aliphatic carbocycles. The van der Waals surface area contributed by atoms with Crippen LogP contribution in [0.4, 0.5) is 0 Å². The van der Waals surface area contributed by atoms with Crippen molar-refractivity contribution in [3.05, 3.63) is 82.9 Å².